The van der Waals surface area contributed by atoms with Crippen molar-refractivity contribution in [1.82, 2.24) is 0 Å². The summed E-state index contributed by atoms with van der Waals surface area (Å²) >= 11 is 0. The van der Waals surface area contributed by atoms with Crippen LogP contribution in [0.25, 0.3) is 0 Å². The number of methoxy groups -OCH3 is 1. The molecule has 0 saturated heterocycles. The third kappa shape index (κ3) is 7.62. The third-order valence-electron chi connectivity index (χ3n) is 7.01. The van der Waals surface area contributed by atoms with Crippen LogP contribution < -0.4 is 0 Å². The predicted octanol–water partition coefficient (Wildman–Crippen LogP) is 2.66. The number of hydrogen-bond acceptors (Lipinski definition) is 7. The fourth-order valence-electron chi connectivity index (χ4n) is 4.46. The molecule has 1 unspecified atom stereocenters. The van der Waals surface area contributed by atoms with Gasteiger partial charge >= 0.3 is 5.97 Å². The maximum Gasteiger partial charge on any atom is 0.337 e. The van der Waals surface area contributed by atoms with Gasteiger partial charge < -0.3 is 29.9 Å². The number of aliphatic hydroxyl groups is 4. The first kappa shape index (κ1) is 28.5. The minimum atomic E-state index is -1.68. The average molecular weight is 479 g/mol. The van der Waals surface area contributed by atoms with Gasteiger partial charge in [-0.15, -0.1) is 0 Å². The Bertz CT molecular complexity index is 815. The Morgan fingerprint density at radius 3 is 2.59 bits per heavy atom. The molecule has 34 heavy (non-hydrogen) atoms. The topological polar surface area (TPSA) is 116 Å². The molecule has 6 atom stereocenters. The Balaban J connectivity index is 2.39. The molecular formula is C27H42O7. The highest BCUT2D eigenvalue weighted by atomic mass is 16.6. The number of ether oxygens (including phenoxy) is 2. The van der Waals surface area contributed by atoms with E-state index in [9.17, 15) is 25.2 Å². The van der Waals surface area contributed by atoms with Crippen molar-refractivity contribution in [1.29, 1.82) is 0 Å². The molecule has 2 bridgehead atoms. The molecule has 1 aliphatic rings. The highest BCUT2D eigenvalue weighted by Crippen LogP contribution is 2.32. The van der Waals surface area contributed by atoms with Crippen LogP contribution >= 0.6 is 0 Å². The number of hydrogen-bond donors (Lipinski definition) is 4. The smallest absolute Gasteiger partial charge is 0.337 e. The van der Waals surface area contributed by atoms with E-state index in [-0.39, 0.29) is 18.9 Å². The molecule has 192 valence electrons. The normalized spacial score (nSPS) is 29.7. The van der Waals surface area contributed by atoms with E-state index in [0.717, 1.165) is 23.1 Å². The van der Waals surface area contributed by atoms with Crippen molar-refractivity contribution in [2.75, 3.05) is 13.7 Å². The molecule has 1 aliphatic heterocycles. The van der Waals surface area contributed by atoms with E-state index in [2.05, 4.69) is 0 Å². The minimum absolute atomic E-state index is 0.0106. The van der Waals surface area contributed by atoms with Crippen molar-refractivity contribution in [3.8, 4) is 0 Å². The van der Waals surface area contributed by atoms with E-state index in [1.54, 1.807) is 7.11 Å². The monoisotopic (exact) mass is 478 g/mol. The standard InChI is InChI=1S/C27H42O7/c1-6-18(16-28)10-17(2)11-22-14-21(33-5)15-24(30)27(3,4)20-9-7-8-19(12-20)13-23(29)25(31)26(32)34-22/h7-10,12,18,21-25,28-31H,6,11,13-16H2,1-5H3/b17-10-/t18-,21-,22?,23-,24+,25+/m1/s1. The van der Waals surface area contributed by atoms with Crippen LogP contribution in [0.15, 0.2) is 35.9 Å². The number of aliphatic hydroxyl groups excluding tert-OH is 4. The van der Waals surface area contributed by atoms with Gasteiger partial charge in [-0.3, -0.25) is 0 Å². The van der Waals surface area contributed by atoms with Gasteiger partial charge in [0.1, 0.15) is 6.10 Å². The summed E-state index contributed by atoms with van der Waals surface area (Å²) < 4.78 is 11.3. The summed E-state index contributed by atoms with van der Waals surface area (Å²) in [6, 6.07) is 7.48. The zero-order valence-corrected chi connectivity index (χ0v) is 21.1. The van der Waals surface area contributed by atoms with Crippen LogP contribution in [0, 0.1) is 5.92 Å². The number of carbonyl (C=O) groups is 1. The quantitative estimate of drug-likeness (QED) is 0.367. The van der Waals surface area contributed by atoms with Crippen LogP contribution in [0.4, 0.5) is 0 Å². The largest absolute Gasteiger partial charge is 0.460 e. The summed E-state index contributed by atoms with van der Waals surface area (Å²) in [7, 11) is 1.56. The highest BCUT2D eigenvalue weighted by Gasteiger charge is 2.35. The van der Waals surface area contributed by atoms with Crippen molar-refractivity contribution in [2.24, 2.45) is 5.92 Å². The molecule has 0 aromatic heterocycles. The molecule has 4 N–H and O–H groups in total. The molecule has 7 heteroatoms. The van der Waals surface area contributed by atoms with Gasteiger partial charge in [0.15, 0.2) is 6.10 Å². The van der Waals surface area contributed by atoms with Gasteiger partial charge in [0, 0.05) is 44.8 Å². The van der Waals surface area contributed by atoms with Crippen molar-refractivity contribution in [3.05, 3.63) is 47.0 Å². The molecule has 0 saturated carbocycles. The lowest BCUT2D eigenvalue weighted by molar-refractivity contribution is -0.167. The molecule has 0 amide bonds. The highest BCUT2D eigenvalue weighted by molar-refractivity contribution is 5.75. The van der Waals surface area contributed by atoms with Gasteiger partial charge in [0.05, 0.1) is 18.3 Å². The second-order valence-electron chi connectivity index (χ2n) is 10.1. The van der Waals surface area contributed by atoms with Gasteiger partial charge in [0.2, 0.25) is 0 Å². The fourth-order valence-corrected chi connectivity index (χ4v) is 4.46. The van der Waals surface area contributed by atoms with E-state index in [1.165, 1.54) is 0 Å². The summed E-state index contributed by atoms with van der Waals surface area (Å²) in [6.45, 7) is 7.86. The number of cyclic esters (lactones) is 1. The Kier molecular flexibility index (Phi) is 10.7. The average Bonchev–Trinajstić information content (AvgIpc) is 2.80. The SMILES string of the molecule is CC[C@H](/C=C(/C)CC1C[C@@H](OC)C[C@H](O)C(C)(C)c2cccc(c2)C[C@@H](O)[C@H](O)C(=O)O1)CO. The molecule has 0 radical (unpaired) electrons. The van der Waals surface area contributed by atoms with Gasteiger partial charge in [0.25, 0.3) is 0 Å². The fraction of sp³-hybridized carbons (Fsp3) is 0.667. The number of carbonyl (C=O) groups excluding carboxylic acids is 1. The van der Waals surface area contributed by atoms with Gasteiger partial charge in [-0.1, -0.05) is 56.7 Å². The maximum absolute atomic E-state index is 12.7. The number of esters is 1. The molecule has 7 nitrogen and oxygen atoms in total. The first-order valence-electron chi connectivity index (χ1n) is 12.2. The first-order valence-corrected chi connectivity index (χ1v) is 12.2. The Labute approximate surface area is 203 Å². The molecule has 0 aliphatic carbocycles. The van der Waals surface area contributed by atoms with E-state index in [1.807, 2.05) is 58.0 Å². The molecule has 0 fully saturated rings. The van der Waals surface area contributed by atoms with Crippen molar-refractivity contribution in [2.45, 2.75) is 95.7 Å². The molecule has 0 spiro atoms. The van der Waals surface area contributed by atoms with Crippen molar-refractivity contribution < 1.29 is 34.7 Å². The van der Waals surface area contributed by atoms with Gasteiger partial charge in [-0.25, -0.2) is 4.79 Å². The molecule has 1 aromatic rings. The van der Waals surface area contributed by atoms with Crippen LogP contribution in [0.5, 0.6) is 0 Å². The van der Waals surface area contributed by atoms with E-state index in [4.69, 9.17) is 9.47 Å². The Morgan fingerprint density at radius 1 is 1.26 bits per heavy atom. The lowest BCUT2D eigenvalue weighted by atomic mass is 9.76. The number of rotatable bonds is 6. The van der Waals surface area contributed by atoms with E-state index < -0.39 is 41.9 Å². The Hall–Kier alpha value is -1.77. The van der Waals surface area contributed by atoms with Crippen molar-refractivity contribution in [3.63, 3.8) is 0 Å². The lowest BCUT2D eigenvalue weighted by Gasteiger charge is -2.35. The second kappa shape index (κ2) is 12.8. The molecule has 1 aromatic carbocycles. The van der Waals surface area contributed by atoms with Crippen LogP contribution in [0.2, 0.25) is 0 Å². The summed E-state index contributed by atoms with van der Waals surface area (Å²) in [5.74, 6) is -0.875. The molecular weight excluding hydrogens is 436 g/mol. The second-order valence-corrected chi connectivity index (χ2v) is 10.1. The van der Waals surface area contributed by atoms with Crippen LogP contribution in [0.3, 0.4) is 0 Å². The third-order valence-corrected chi connectivity index (χ3v) is 7.01. The zero-order valence-electron chi connectivity index (χ0n) is 21.1. The summed E-state index contributed by atoms with van der Waals surface area (Å²) in [6.07, 6.45) is -0.870. The zero-order chi connectivity index (χ0) is 25.5. The van der Waals surface area contributed by atoms with Gasteiger partial charge in [-0.2, -0.15) is 0 Å². The predicted molar refractivity (Wildman–Crippen MR) is 130 cm³/mol. The Morgan fingerprint density at radius 2 is 1.97 bits per heavy atom. The van der Waals surface area contributed by atoms with Gasteiger partial charge in [-0.05, 0) is 30.4 Å². The molecule has 2 rings (SSSR count). The van der Waals surface area contributed by atoms with Crippen molar-refractivity contribution >= 4 is 5.97 Å². The van der Waals surface area contributed by atoms with Crippen LogP contribution in [0.1, 0.15) is 64.5 Å². The van der Waals surface area contributed by atoms with Crippen LogP contribution in [-0.2, 0) is 26.1 Å². The summed E-state index contributed by atoms with van der Waals surface area (Å²) in [5, 5.41) is 41.7. The number of fused-ring (bicyclic) bond motifs is 2. The van der Waals surface area contributed by atoms with Crippen LogP contribution in [-0.4, -0.2) is 70.6 Å². The maximum atomic E-state index is 12.7. The number of benzene rings is 1. The summed E-state index contributed by atoms with van der Waals surface area (Å²) in [4.78, 5) is 12.7. The summed E-state index contributed by atoms with van der Waals surface area (Å²) in [5.41, 5.74) is 2.01. The first-order chi connectivity index (χ1) is 16.0. The molecule has 1 heterocycles. The lowest BCUT2D eigenvalue weighted by Crippen LogP contribution is -2.41. The minimum Gasteiger partial charge on any atom is -0.460 e. The van der Waals surface area contributed by atoms with E-state index in [0.29, 0.717) is 19.3 Å². The van der Waals surface area contributed by atoms with E-state index >= 15 is 0 Å².